The van der Waals surface area contributed by atoms with Gasteiger partial charge in [-0.3, -0.25) is 0 Å². The Balaban J connectivity index is 1.16. The van der Waals surface area contributed by atoms with Crippen molar-refractivity contribution in [2.45, 2.75) is 39.1 Å². The van der Waals surface area contributed by atoms with Crippen molar-refractivity contribution in [1.82, 2.24) is 0 Å². The first-order chi connectivity index (χ1) is 28.2. The average Bonchev–Trinajstić information content (AvgIpc) is 3.27. The van der Waals surface area contributed by atoms with E-state index in [1.807, 2.05) is 176 Å². The second kappa shape index (κ2) is 18.1. The number of hydrogen-bond donors (Lipinski definition) is 0. The second-order valence-electron chi connectivity index (χ2n) is 13.5. The predicted molar refractivity (Wildman–Crippen MR) is 219 cm³/mol. The standard InChI is InChI=1S/C50H41FO6/c51-48-43(44-27-26-42-45(53-32-37-18-8-2-9-19-37)28-41(29-46(42)57-44)52-31-36-16-6-1-7-17-36)30-47(54-33-38-20-10-3-11-21-38)49(55-34-39-22-12-4-13-23-39)50(48)56-35-40-24-14-5-15-25-40/h1-30,44H,31-35H2. The molecule has 0 spiro atoms. The summed E-state index contributed by atoms with van der Waals surface area (Å²) in [5.41, 5.74) is 5.70. The molecule has 0 amide bonds. The lowest BCUT2D eigenvalue weighted by atomic mass is 10.0. The van der Waals surface area contributed by atoms with Gasteiger partial charge in [0.25, 0.3) is 0 Å². The first-order valence-electron chi connectivity index (χ1n) is 18.9. The van der Waals surface area contributed by atoms with E-state index < -0.39 is 11.9 Å². The summed E-state index contributed by atoms with van der Waals surface area (Å²) in [7, 11) is 0. The molecule has 0 aliphatic carbocycles. The fourth-order valence-corrected chi connectivity index (χ4v) is 6.43. The predicted octanol–water partition coefficient (Wildman–Crippen LogP) is 11.9. The van der Waals surface area contributed by atoms with Gasteiger partial charge in [-0.05, 0) is 46.0 Å². The highest BCUT2D eigenvalue weighted by Crippen LogP contribution is 2.48. The van der Waals surface area contributed by atoms with Crippen LogP contribution in [0.25, 0.3) is 6.08 Å². The maximum absolute atomic E-state index is 17.2. The van der Waals surface area contributed by atoms with E-state index in [2.05, 4.69) is 0 Å². The van der Waals surface area contributed by atoms with Crippen molar-refractivity contribution >= 4 is 6.08 Å². The lowest BCUT2D eigenvalue weighted by Crippen LogP contribution is -2.14. The number of fused-ring (bicyclic) bond motifs is 1. The average molecular weight is 757 g/mol. The van der Waals surface area contributed by atoms with Crippen LogP contribution in [0.5, 0.6) is 34.5 Å². The van der Waals surface area contributed by atoms with E-state index in [9.17, 15) is 0 Å². The molecule has 1 aliphatic heterocycles. The molecular formula is C50H41FO6. The molecule has 1 atom stereocenters. The van der Waals surface area contributed by atoms with Gasteiger partial charge in [0.2, 0.25) is 11.5 Å². The number of halogens is 1. The van der Waals surface area contributed by atoms with Crippen LogP contribution in [0.1, 0.15) is 45.0 Å². The molecule has 0 aromatic heterocycles. The summed E-state index contributed by atoms with van der Waals surface area (Å²) >= 11 is 0. The molecule has 1 heterocycles. The van der Waals surface area contributed by atoms with Crippen LogP contribution in [0.3, 0.4) is 0 Å². The minimum Gasteiger partial charge on any atom is -0.489 e. The van der Waals surface area contributed by atoms with Gasteiger partial charge in [-0.1, -0.05) is 152 Å². The zero-order valence-electron chi connectivity index (χ0n) is 31.3. The van der Waals surface area contributed by atoms with E-state index in [1.54, 1.807) is 6.07 Å². The quantitative estimate of drug-likeness (QED) is 0.0979. The molecule has 7 heteroatoms. The molecule has 7 aromatic rings. The van der Waals surface area contributed by atoms with Gasteiger partial charge in [0.15, 0.2) is 11.6 Å². The van der Waals surface area contributed by atoms with Crippen molar-refractivity contribution in [3.8, 4) is 34.5 Å². The molecule has 284 valence electrons. The van der Waals surface area contributed by atoms with Crippen LogP contribution in [0, 0.1) is 5.82 Å². The molecular weight excluding hydrogens is 716 g/mol. The minimum absolute atomic E-state index is 0.0648. The first-order valence-corrected chi connectivity index (χ1v) is 18.9. The summed E-state index contributed by atoms with van der Waals surface area (Å²) in [5, 5.41) is 0. The Morgan fingerprint density at radius 2 is 0.860 bits per heavy atom. The first kappa shape index (κ1) is 37.0. The molecule has 0 N–H and O–H groups in total. The summed E-state index contributed by atoms with van der Waals surface area (Å²) in [6.07, 6.45) is 2.86. The van der Waals surface area contributed by atoms with Crippen LogP contribution in [-0.2, 0) is 33.0 Å². The van der Waals surface area contributed by atoms with Crippen molar-refractivity contribution in [3.05, 3.63) is 221 Å². The highest BCUT2D eigenvalue weighted by atomic mass is 19.1. The third-order valence-electron chi connectivity index (χ3n) is 9.42. The van der Waals surface area contributed by atoms with Crippen molar-refractivity contribution in [1.29, 1.82) is 0 Å². The van der Waals surface area contributed by atoms with Crippen molar-refractivity contribution in [3.63, 3.8) is 0 Å². The maximum atomic E-state index is 17.2. The van der Waals surface area contributed by atoms with Crippen LogP contribution in [-0.4, -0.2) is 0 Å². The van der Waals surface area contributed by atoms with Gasteiger partial charge in [0, 0.05) is 17.7 Å². The van der Waals surface area contributed by atoms with Crippen molar-refractivity contribution in [2.75, 3.05) is 0 Å². The van der Waals surface area contributed by atoms with Crippen molar-refractivity contribution in [2.24, 2.45) is 0 Å². The monoisotopic (exact) mass is 756 g/mol. The van der Waals surface area contributed by atoms with Gasteiger partial charge in [-0.15, -0.1) is 0 Å². The van der Waals surface area contributed by atoms with Crippen molar-refractivity contribution < 1.29 is 32.8 Å². The van der Waals surface area contributed by atoms with Gasteiger partial charge in [0.1, 0.15) is 56.4 Å². The van der Waals surface area contributed by atoms with Crippen LogP contribution < -0.4 is 28.4 Å². The molecule has 0 radical (unpaired) electrons. The summed E-state index contributed by atoms with van der Waals surface area (Å²) in [6, 6.07) is 54.3. The Hall–Kier alpha value is -6.99. The fraction of sp³-hybridized carbons (Fsp3) is 0.120. The smallest absolute Gasteiger partial charge is 0.207 e. The lowest BCUT2D eigenvalue weighted by molar-refractivity contribution is 0.211. The molecule has 0 saturated carbocycles. The van der Waals surface area contributed by atoms with E-state index in [1.165, 1.54) is 0 Å². The Bertz CT molecular complexity index is 2390. The van der Waals surface area contributed by atoms with E-state index in [0.717, 1.165) is 33.4 Å². The Morgan fingerprint density at radius 1 is 0.439 bits per heavy atom. The van der Waals surface area contributed by atoms with Crippen LogP contribution in [0.4, 0.5) is 4.39 Å². The van der Waals surface area contributed by atoms with Gasteiger partial charge >= 0.3 is 0 Å². The van der Waals surface area contributed by atoms with E-state index in [-0.39, 0.29) is 36.9 Å². The third-order valence-corrected chi connectivity index (χ3v) is 9.42. The maximum Gasteiger partial charge on any atom is 0.207 e. The molecule has 1 aliphatic rings. The SMILES string of the molecule is Fc1c(C2C=Cc3c(OCc4ccccc4)cc(OCc4ccccc4)cc3O2)cc(OCc2ccccc2)c(OCc2ccccc2)c1OCc1ccccc1. The third kappa shape index (κ3) is 9.46. The molecule has 0 bridgehead atoms. The summed E-state index contributed by atoms with van der Waals surface area (Å²) in [6.45, 7) is 1.19. The molecule has 0 fully saturated rings. The Morgan fingerprint density at radius 3 is 1.35 bits per heavy atom. The summed E-state index contributed by atoms with van der Waals surface area (Å²) in [5.74, 6) is 1.43. The molecule has 6 nitrogen and oxygen atoms in total. The lowest BCUT2D eigenvalue weighted by Gasteiger charge is -2.26. The number of hydrogen-bond acceptors (Lipinski definition) is 6. The minimum atomic E-state index is -0.856. The normalized spacial score (nSPS) is 12.9. The van der Waals surface area contributed by atoms with Crippen LogP contribution >= 0.6 is 0 Å². The molecule has 1 unspecified atom stereocenters. The summed E-state index contributed by atoms with van der Waals surface area (Å²) in [4.78, 5) is 0. The zero-order chi connectivity index (χ0) is 38.7. The van der Waals surface area contributed by atoms with Gasteiger partial charge in [-0.2, -0.15) is 0 Å². The molecule has 7 aromatic carbocycles. The topological polar surface area (TPSA) is 55.4 Å². The Kier molecular flexibility index (Phi) is 11.7. The summed E-state index contributed by atoms with van der Waals surface area (Å²) < 4.78 is 55.7. The largest absolute Gasteiger partial charge is 0.489 e. The number of ether oxygens (including phenoxy) is 6. The number of rotatable bonds is 16. The van der Waals surface area contributed by atoms with Crippen LogP contribution in [0.2, 0.25) is 0 Å². The molecule has 8 rings (SSSR count). The highest BCUT2D eigenvalue weighted by molar-refractivity contribution is 5.69. The van der Waals surface area contributed by atoms with Gasteiger partial charge in [0.05, 0.1) is 5.56 Å². The van der Waals surface area contributed by atoms with E-state index in [0.29, 0.717) is 36.2 Å². The van der Waals surface area contributed by atoms with E-state index >= 15 is 4.39 Å². The zero-order valence-corrected chi connectivity index (χ0v) is 31.3. The molecule has 0 saturated heterocycles. The Labute approximate surface area is 332 Å². The van der Waals surface area contributed by atoms with E-state index in [4.69, 9.17) is 28.4 Å². The van der Waals surface area contributed by atoms with Gasteiger partial charge in [-0.25, -0.2) is 4.39 Å². The fourth-order valence-electron chi connectivity index (χ4n) is 6.43. The number of benzene rings is 7. The van der Waals surface area contributed by atoms with Crippen LogP contribution in [0.15, 0.2) is 176 Å². The highest BCUT2D eigenvalue weighted by Gasteiger charge is 2.30. The second-order valence-corrected chi connectivity index (χ2v) is 13.5. The molecule has 57 heavy (non-hydrogen) atoms. The van der Waals surface area contributed by atoms with Gasteiger partial charge < -0.3 is 28.4 Å².